The molecule has 0 spiro atoms. The van der Waals surface area contributed by atoms with E-state index in [1.54, 1.807) is 7.11 Å². The number of methoxy groups -OCH3 is 1. The predicted molar refractivity (Wildman–Crippen MR) is 96.8 cm³/mol. The number of para-hydroxylation sites is 1. The van der Waals surface area contributed by atoms with Gasteiger partial charge in [0, 0.05) is 23.7 Å². The lowest BCUT2D eigenvalue weighted by molar-refractivity contribution is 0.279. The molecule has 0 saturated carbocycles. The van der Waals surface area contributed by atoms with E-state index >= 15 is 0 Å². The molecule has 0 radical (unpaired) electrons. The molecule has 0 aliphatic carbocycles. The van der Waals surface area contributed by atoms with Gasteiger partial charge in [-0.3, -0.25) is 0 Å². The Morgan fingerprint density at radius 1 is 1.08 bits per heavy atom. The summed E-state index contributed by atoms with van der Waals surface area (Å²) in [6.45, 7) is 2.23. The molecule has 2 rings (SSSR count). The van der Waals surface area contributed by atoms with E-state index in [0.717, 1.165) is 42.0 Å². The zero-order valence-electron chi connectivity index (χ0n) is 13.9. The van der Waals surface area contributed by atoms with Crippen LogP contribution < -0.4 is 14.8 Å². The second-order valence-electron chi connectivity index (χ2n) is 5.47. The van der Waals surface area contributed by atoms with Gasteiger partial charge in [0.2, 0.25) is 0 Å². The number of hydrogen-bond acceptors (Lipinski definition) is 4. The molecule has 0 aromatic heterocycles. The third kappa shape index (κ3) is 5.71. The van der Waals surface area contributed by atoms with Gasteiger partial charge in [0.1, 0.15) is 6.61 Å². The van der Waals surface area contributed by atoms with Gasteiger partial charge in [-0.25, -0.2) is 0 Å². The maximum Gasteiger partial charge on any atom is 0.166 e. The number of halogens is 1. The molecule has 0 saturated heterocycles. The zero-order valence-corrected chi connectivity index (χ0v) is 14.7. The molecule has 0 heterocycles. The van der Waals surface area contributed by atoms with E-state index in [1.165, 1.54) is 0 Å². The van der Waals surface area contributed by atoms with E-state index in [4.69, 9.17) is 26.2 Å². The van der Waals surface area contributed by atoms with Crippen molar-refractivity contribution in [2.45, 2.75) is 26.0 Å². The molecule has 0 atom stereocenters. The van der Waals surface area contributed by atoms with Crippen molar-refractivity contribution in [2.24, 2.45) is 0 Å². The van der Waals surface area contributed by atoms with Crippen LogP contribution in [-0.4, -0.2) is 25.4 Å². The fourth-order valence-corrected chi connectivity index (χ4v) is 2.47. The van der Waals surface area contributed by atoms with Crippen LogP contribution in [0.25, 0.3) is 0 Å². The summed E-state index contributed by atoms with van der Waals surface area (Å²) in [5, 5.41) is 12.9. The minimum Gasteiger partial charge on any atom is -0.493 e. The second kappa shape index (κ2) is 10.2. The first-order chi connectivity index (χ1) is 11.7. The summed E-state index contributed by atoms with van der Waals surface area (Å²) in [6, 6.07) is 13.5. The molecule has 0 bridgehead atoms. The Balaban J connectivity index is 2.01. The lowest BCUT2D eigenvalue weighted by Crippen LogP contribution is -2.16. The van der Waals surface area contributed by atoms with Crippen molar-refractivity contribution in [1.29, 1.82) is 0 Å². The number of ether oxygens (including phenoxy) is 2. The molecule has 0 unspecified atom stereocenters. The Morgan fingerprint density at radius 2 is 1.88 bits per heavy atom. The van der Waals surface area contributed by atoms with Gasteiger partial charge in [-0.15, -0.1) is 0 Å². The molecule has 4 nitrogen and oxygen atoms in total. The van der Waals surface area contributed by atoms with E-state index in [9.17, 15) is 0 Å². The Kier molecular flexibility index (Phi) is 7.89. The molecule has 0 aliphatic heterocycles. The van der Waals surface area contributed by atoms with E-state index in [0.29, 0.717) is 18.2 Å². The van der Waals surface area contributed by atoms with E-state index < -0.39 is 0 Å². The fraction of sp³-hybridized carbons (Fsp3) is 0.368. The van der Waals surface area contributed by atoms with Crippen molar-refractivity contribution >= 4 is 11.6 Å². The van der Waals surface area contributed by atoms with Gasteiger partial charge in [0.05, 0.1) is 7.11 Å². The molecular formula is C19H24ClNO3. The third-order valence-electron chi connectivity index (χ3n) is 3.65. The first-order valence-electron chi connectivity index (χ1n) is 8.09. The number of aliphatic hydroxyl groups excluding tert-OH is 1. The molecule has 2 aromatic carbocycles. The number of rotatable bonds is 10. The zero-order chi connectivity index (χ0) is 17.2. The van der Waals surface area contributed by atoms with E-state index in [2.05, 4.69) is 5.32 Å². The number of benzene rings is 2. The standard InChI is InChI=1S/C19H24ClNO3/c1-23-18-6-4-5-16(13-21-11-2-3-12-22)19(18)24-14-15-7-9-17(20)10-8-15/h4-10,21-22H,2-3,11-14H2,1H3. The van der Waals surface area contributed by atoms with Crippen LogP contribution >= 0.6 is 11.6 Å². The monoisotopic (exact) mass is 349 g/mol. The molecular weight excluding hydrogens is 326 g/mol. The SMILES string of the molecule is COc1cccc(CNCCCCO)c1OCc1ccc(Cl)cc1. The van der Waals surface area contributed by atoms with E-state index in [-0.39, 0.29) is 6.61 Å². The van der Waals surface area contributed by atoms with Crippen molar-refractivity contribution in [3.05, 3.63) is 58.6 Å². The maximum absolute atomic E-state index is 8.82. The molecule has 2 aromatic rings. The highest BCUT2D eigenvalue weighted by atomic mass is 35.5. The minimum atomic E-state index is 0.232. The second-order valence-corrected chi connectivity index (χ2v) is 5.91. The summed E-state index contributed by atoms with van der Waals surface area (Å²) in [5.74, 6) is 1.48. The topological polar surface area (TPSA) is 50.7 Å². The molecule has 0 fully saturated rings. The largest absolute Gasteiger partial charge is 0.493 e. The molecule has 24 heavy (non-hydrogen) atoms. The number of aliphatic hydroxyl groups is 1. The lowest BCUT2D eigenvalue weighted by Gasteiger charge is -2.16. The quantitative estimate of drug-likeness (QED) is 0.641. The number of unbranched alkanes of at least 4 members (excludes halogenated alkanes) is 1. The normalized spacial score (nSPS) is 10.6. The Bertz CT molecular complexity index is 617. The Labute approximate surface area is 148 Å². The maximum atomic E-state index is 8.82. The average molecular weight is 350 g/mol. The molecule has 5 heteroatoms. The highest BCUT2D eigenvalue weighted by Gasteiger charge is 2.10. The molecule has 2 N–H and O–H groups in total. The van der Waals surface area contributed by atoms with Crippen molar-refractivity contribution in [3.8, 4) is 11.5 Å². The Hall–Kier alpha value is -1.75. The van der Waals surface area contributed by atoms with Gasteiger partial charge in [0.25, 0.3) is 0 Å². The summed E-state index contributed by atoms with van der Waals surface area (Å²) in [7, 11) is 1.64. The van der Waals surface area contributed by atoms with Crippen LogP contribution in [0.5, 0.6) is 11.5 Å². The van der Waals surface area contributed by atoms with Crippen LogP contribution in [0.3, 0.4) is 0 Å². The van der Waals surface area contributed by atoms with Crippen LogP contribution in [-0.2, 0) is 13.2 Å². The van der Waals surface area contributed by atoms with Crippen molar-refractivity contribution in [2.75, 3.05) is 20.3 Å². The lowest BCUT2D eigenvalue weighted by atomic mass is 10.1. The number of nitrogens with one attached hydrogen (secondary N) is 1. The van der Waals surface area contributed by atoms with Crippen LogP contribution in [0.15, 0.2) is 42.5 Å². The van der Waals surface area contributed by atoms with Crippen molar-refractivity contribution in [3.63, 3.8) is 0 Å². The van der Waals surface area contributed by atoms with Crippen LogP contribution in [0, 0.1) is 0 Å². The van der Waals surface area contributed by atoms with Gasteiger partial charge in [-0.05, 0) is 43.1 Å². The summed E-state index contributed by atoms with van der Waals surface area (Å²) >= 11 is 5.91. The first-order valence-corrected chi connectivity index (χ1v) is 8.47. The summed E-state index contributed by atoms with van der Waals surface area (Å²) in [6.07, 6.45) is 1.76. The summed E-state index contributed by atoms with van der Waals surface area (Å²) < 4.78 is 11.4. The number of hydrogen-bond donors (Lipinski definition) is 2. The van der Waals surface area contributed by atoms with Crippen molar-refractivity contribution in [1.82, 2.24) is 5.32 Å². The highest BCUT2D eigenvalue weighted by Crippen LogP contribution is 2.31. The molecule has 0 amide bonds. The first kappa shape index (κ1) is 18.6. The Morgan fingerprint density at radius 3 is 2.58 bits per heavy atom. The molecule has 0 aliphatic rings. The van der Waals surface area contributed by atoms with Gasteiger partial charge in [-0.2, -0.15) is 0 Å². The predicted octanol–water partition coefficient (Wildman–Crippen LogP) is 3.79. The molecule has 130 valence electrons. The summed E-state index contributed by atoms with van der Waals surface area (Å²) in [4.78, 5) is 0. The van der Waals surface area contributed by atoms with Gasteiger partial charge in [-0.1, -0.05) is 35.9 Å². The minimum absolute atomic E-state index is 0.232. The smallest absolute Gasteiger partial charge is 0.166 e. The van der Waals surface area contributed by atoms with E-state index in [1.807, 2.05) is 42.5 Å². The van der Waals surface area contributed by atoms with Gasteiger partial charge in [0.15, 0.2) is 11.5 Å². The van der Waals surface area contributed by atoms with Crippen LogP contribution in [0.4, 0.5) is 0 Å². The van der Waals surface area contributed by atoms with Gasteiger partial charge < -0.3 is 19.9 Å². The van der Waals surface area contributed by atoms with Crippen LogP contribution in [0.1, 0.15) is 24.0 Å². The van der Waals surface area contributed by atoms with Crippen LogP contribution in [0.2, 0.25) is 5.02 Å². The van der Waals surface area contributed by atoms with Gasteiger partial charge >= 0.3 is 0 Å². The fourth-order valence-electron chi connectivity index (χ4n) is 2.35. The third-order valence-corrected chi connectivity index (χ3v) is 3.91. The highest BCUT2D eigenvalue weighted by molar-refractivity contribution is 6.30. The average Bonchev–Trinajstić information content (AvgIpc) is 2.61. The van der Waals surface area contributed by atoms with Crippen molar-refractivity contribution < 1.29 is 14.6 Å². The summed E-state index contributed by atoms with van der Waals surface area (Å²) in [5.41, 5.74) is 2.10.